The SMILES string of the molecule is CCCNCc1cn(CCCOCC)cn1. The highest BCUT2D eigenvalue weighted by Crippen LogP contribution is 1.98. The summed E-state index contributed by atoms with van der Waals surface area (Å²) in [6.45, 7) is 8.73. The lowest BCUT2D eigenvalue weighted by Crippen LogP contribution is -2.13. The summed E-state index contributed by atoms with van der Waals surface area (Å²) in [5.74, 6) is 0. The predicted molar refractivity (Wildman–Crippen MR) is 65.3 cm³/mol. The Labute approximate surface area is 98.0 Å². The van der Waals surface area contributed by atoms with Gasteiger partial charge in [0.05, 0.1) is 12.0 Å². The summed E-state index contributed by atoms with van der Waals surface area (Å²) < 4.78 is 7.42. The fraction of sp³-hybridized carbons (Fsp3) is 0.750. The normalized spacial score (nSPS) is 10.9. The zero-order valence-electron chi connectivity index (χ0n) is 10.4. The summed E-state index contributed by atoms with van der Waals surface area (Å²) >= 11 is 0. The average Bonchev–Trinajstić information content (AvgIpc) is 2.73. The van der Waals surface area contributed by atoms with Gasteiger partial charge >= 0.3 is 0 Å². The van der Waals surface area contributed by atoms with Crippen LogP contribution in [-0.4, -0.2) is 29.3 Å². The lowest BCUT2D eigenvalue weighted by molar-refractivity contribution is 0.141. The third-order valence-electron chi connectivity index (χ3n) is 2.33. The van der Waals surface area contributed by atoms with Crippen LogP contribution in [0, 0.1) is 0 Å². The highest BCUT2D eigenvalue weighted by atomic mass is 16.5. The maximum atomic E-state index is 5.30. The van der Waals surface area contributed by atoms with E-state index in [4.69, 9.17) is 4.74 Å². The Kier molecular flexibility index (Phi) is 6.85. The Bertz CT molecular complexity index is 273. The molecular formula is C12H23N3O. The second-order valence-corrected chi connectivity index (χ2v) is 3.83. The number of hydrogen-bond acceptors (Lipinski definition) is 3. The minimum absolute atomic E-state index is 0.802. The molecule has 1 aromatic rings. The molecule has 0 aromatic carbocycles. The molecule has 0 unspecified atom stereocenters. The van der Waals surface area contributed by atoms with E-state index in [0.29, 0.717) is 0 Å². The van der Waals surface area contributed by atoms with E-state index >= 15 is 0 Å². The van der Waals surface area contributed by atoms with Gasteiger partial charge in [-0.2, -0.15) is 0 Å². The van der Waals surface area contributed by atoms with Crippen molar-refractivity contribution in [1.82, 2.24) is 14.9 Å². The summed E-state index contributed by atoms with van der Waals surface area (Å²) in [5.41, 5.74) is 1.12. The first-order valence-electron chi connectivity index (χ1n) is 6.16. The Morgan fingerprint density at radius 2 is 2.31 bits per heavy atom. The molecule has 1 rings (SSSR count). The summed E-state index contributed by atoms with van der Waals surface area (Å²) in [6, 6.07) is 0. The topological polar surface area (TPSA) is 39.1 Å². The summed E-state index contributed by atoms with van der Waals surface area (Å²) in [4.78, 5) is 4.35. The third kappa shape index (κ3) is 5.28. The highest BCUT2D eigenvalue weighted by Gasteiger charge is 1.97. The summed E-state index contributed by atoms with van der Waals surface area (Å²) in [5, 5.41) is 3.34. The summed E-state index contributed by atoms with van der Waals surface area (Å²) in [6.07, 6.45) is 6.21. The Morgan fingerprint density at radius 3 is 3.06 bits per heavy atom. The van der Waals surface area contributed by atoms with E-state index in [9.17, 15) is 0 Å². The van der Waals surface area contributed by atoms with Crippen LogP contribution in [0.15, 0.2) is 12.5 Å². The first kappa shape index (κ1) is 13.2. The van der Waals surface area contributed by atoms with Crippen molar-refractivity contribution in [3.05, 3.63) is 18.2 Å². The second-order valence-electron chi connectivity index (χ2n) is 3.83. The van der Waals surface area contributed by atoms with Gasteiger partial charge in [-0.1, -0.05) is 6.92 Å². The Hall–Kier alpha value is -0.870. The molecular weight excluding hydrogens is 202 g/mol. The standard InChI is InChI=1S/C12H23N3O/c1-3-6-13-9-12-10-15(11-14-12)7-5-8-16-4-2/h10-11,13H,3-9H2,1-2H3. The molecule has 0 radical (unpaired) electrons. The molecule has 0 fully saturated rings. The van der Waals surface area contributed by atoms with Crippen LogP contribution in [0.5, 0.6) is 0 Å². The lowest BCUT2D eigenvalue weighted by atomic mass is 10.4. The van der Waals surface area contributed by atoms with Crippen molar-refractivity contribution in [2.45, 2.75) is 39.8 Å². The maximum absolute atomic E-state index is 5.30. The monoisotopic (exact) mass is 225 g/mol. The maximum Gasteiger partial charge on any atom is 0.0949 e. The molecule has 4 heteroatoms. The molecule has 0 aliphatic heterocycles. The van der Waals surface area contributed by atoms with Gasteiger partial charge < -0.3 is 14.6 Å². The largest absolute Gasteiger partial charge is 0.382 e. The number of hydrogen-bond donors (Lipinski definition) is 1. The minimum atomic E-state index is 0.802. The summed E-state index contributed by atoms with van der Waals surface area (Å²) in [7, 11) is 0. The minimum Gasteiger partial charge on any atom is -0.382 e. The van der Waals surface area contributed by atoms with Gasteiger partial charge in [-0.25, -0.2) is 4.98 Å². The number of nitrogens with zero attached hydrogens (tertiary/aromatic N) is 2. The van der Waals surface area contributed by atoms with Gasteiger partial charge in [0, 0.05) is 32.5 Å². The molecule has 0 spiro atoms. The molecule has 0 saturated carbocycles. The van der Waals surface area contributed by atoms with Gasteiger partial charge in [0.1, 0.15) is 0 Å². The molecule has 0 aliphatic rings. The fourth-order valence-electron chi connectivity index (χ4n) is 1.51. The Balaban J connectivity index is 2.17. The molecule has 1 N–H and O–H groups in total. The van der Waals surface area contributed by atoms with Crippen molar-refractivity contribution in [1.29, 1.82) is 0 Å². The van der Waals surface area contributed by atoms with Gasteiger partial charge in [0.2, 0.25) is 0 Å². The zero-order chi connectivity index (χ0) is 11.6. The van der Waals surface area contributed by atoms with E-state index in [1.54, 1.807) is 0 Å². The van der Waals surface area contributed by atoms with Crippen molar-refractivity contribution in [2.75, 3.05) is 19.8 Å². The highest BCUT2D eigenvalue weighted by molar-refractivity contribution is 4.95. The Morgan fingerprint density at radius 1 is 1.44 bits per heavy atom. The van der Waals surface area contributed by atoms with Crippen molar-refractivity contribution in [3.63, 3.8) is 0 Å². The van der Waals surface area contributed by atoms with Crippen molar-refractivity contribution >= 4 is 0 Å². The molecule has 16 heavy (non-hydrogen) atoms. The molecule has 0 atom stereocenters. The van der Waals surface area contributed by atoms with Crippen LogP contribution >= 0.6 is 0 Å². The van der Waals surface area contributed by atoms with E-state index < -0.39 is 0 Å². The number of rotatable bonds is 9. The van der Waals surface area contributed by atoms with Crippen LogP contribution in [0.2, 0.25) is 0 Å². The number of nitrogens with one attached hydrogen (secondary N) is 1. The molecule has 0 amide bonds. The molecule has 4 nitrogen and oxygen atoms in total. The quantitative estimate of drug-likeness (QED) is 0.651. The van der Waals surface area contributed by atoms with E-state index in [-0.39, 0.29) is 0 Å². The van der Waals surface area contributed by atoms with Crippen LogP contribution in [0.3, 0.4) is 0 Å². The van der Waals surface area contributed by atoms with Crippen LogP contribution in [0.25, 0.3) is 0 Å². The zero-order valence-corrected chi connectivity index (χ0v) is 10.4. The number of ether oxygens (including phenoxy) is 1. The van der Waals surface area contributed by atoms with Crippen LogP contribution in [0.4, 0.5) is 0 Å². The van der Waals surface area contributed by atoms with Crippen LogP contribution < -0.4 is 5.32 Å². The first-order valence-corrected chi connectivity index (χ1v) is 6.16. The number of aryl methyl sites for hydroxylation is 1. The van der Waals surface area contributed by atoms with E-state index in [1.165, 1.54) is 0 Å². The smallest absolute Gasteiger partial charge is 0.0949 e. The molecule has 1 heterocycles. The van der Waals surface area contributed by atoms with Crippen LogP contribution in [-0.2, 0) is 17.8 Å². The van der Waals surface area contributed by atoms with Crippen molar-refractivity contribution in [3.8, 4) is 0 Å². The van der Waals surface area contributed by atoms with E-state index in [2.05, 4.69) is 28.0 Å². The molecule has 0 bridgehead atoms. The van der Waals surface area contributed by atoms with Gasteiger partial charge in [-0.15, -0.1) is 0 Å². The van der Waals surface area contributed by atoms with Crippen LogP contribution in [0.1, 0.15) is 32.4 Å². The number of aromatic nitrogens is 2. The van der Waals surface area contributed by atoms with Gasteiger partial charge in [0.15, 0.2) is 0 Å². The number of imidazole rings is 1. The first-order chi connectivity index (χ1) is 7.86. The van der Waals surface area contributed by atoms with E-state index in [0.717, 1.165) is 51.4 Å². The van der Waals surface area contributed by atoms with Crippen molar-refractivity contribution < 1.29 is 4.74 Å². The molecule has 0 aliphatic carbocycles. The van der Waals surface area contributed by atoms with Gasteiger partial charge in [0.25, 0.3) is 0 Å². The molecule has 1 aromatic heterocycles. The lowest BCUT2D eigenvalue weighted by Gasteiger charge is -2.02. The average molecular weight is 225 g/mol. The molecule has 0 saturated heterocycles. The molecule has 92 valence electrons. The predicted octanol–water partition coefficient (Wildman–Crippen LogP) is 1.81. The van der Waals surface area contributed by atoms with Gasteiger partial charge in [-0.05, 0) is 26.3 Å². The van der Waals surface area contributed by atoms with Gasteiger partial charge in [-0.3, -0.25) is 0 Å². The van der Waals surface area contributed by atoms with E-state index in [1.807, 2.05) is 13.3 Å². The second kappa shape index (κ2) is 8.30. The fourth-order valence-corrected chi connectivity index (χ4v) is 1.51. The van der Waals surface area contributed by atoms with Crippen molar-refractivity contribution in [2.24, 2.45) is 0 Å². The third-order valence-corrected chi connectivity index (χ3v) is 2.33.